The fourth-order valence-electron chi connectivity index (χ4n) is 7.91. The lowest BCUT2D eigenvalue weighted by atomic mass is 9.69. The summed E-state index contributed by atoms with van der Waals surface area (Å²) in [4.78, 5) is 0. The molecule has 0 saturated heterocycles. The van der Waals surface area contributed by atoms with Crippen molar-refractivity contribution in [3.05, 3.63) is 204 Å². The zero-order valence-electron chi connectivity index (χ0n) is 29.7. The number of nitrogens with two attached hydrogens (primary N) is 2. The molecule has 0 aromatic heterocycles. The van der Waals surface area contributed by atoms with Gasteiger partial charge in [0.2, 0.25) is 0 Å². The fourth-order valence-corrected chi connectivity index (χ4v) is 7.91. The first-order valence-corrected chi connectivity index (χ1v) is 17.7. The predicted molar refractivity (Wildman–Crippen MR) is 220 cm³/mol. The van der Waals surface area contributed by atoms with E-state index in [2.05, 4.69) is 173 Å². The second-order valence-corrected chi connectivity index (χ2v) is 13.4. The van der Waals surface area contributed by atoms with Crippen molar-refractivity contribution in [1.82, 2.24) is 0 Å². The van der Waals surface area contributed by atoms with Gasteiger partial charge < -0.3 is 11.5 Å². The normalized spacial score (nSPS) is 13.1. The van der Waals surface area contributed by atoms with Crippen LogP contribution >= 0.6 is 0 Å². The van der Waals surface area contributed by atoms with Crippen molar-refractivity contribution in [2.24, 2.45) is 11.5 Å². The van der Waals surface area contributed by atoms with Crippen molar-refractivity contribution in [2.75, 3.05) is 0 Å². The van der Waals surface area contributed by atoms with Crippen molar-refractivity contribution in [2.45, 2.75) is 32.6 Å². The highest BCUT2D eigenvalue weighted by molar-refractivity contribution is 6.11. The minimum absolute atomic E-state index is 0.354. The molecule has 2 aliphatic carbocycles. The van der Waals surface area contributed by atoms with E-state index in [9.17, 15) is 0 Å². The van der Waals surface area contributed by atoms with E-state index in [0.29, 0.717) is 11.4 Å². The molecule has 0 aliphatic heterocycles. The standard InChI is InChI=1S/C40H26.C6H10N2.C3H8/c1-25-14-16-26(17-15-25)28-18-21-31-29(24-28)19-22-34-38-30-9-3-2-8-27(30)20-23-37(38)40(39(31)34)35-12-6-4-10-32(35)33-11-5-7-13-36(33)40;1-3-5(7)6(8)4-2;1-3-2/h2-24H,1H3;3-4H,1-2,7-8H2;3H2,1-2H3/b;6-5-;. The van der Waals surface area contributed by atoms with E-state index in [1.165, 1.54) is 101 Å². The van der Waals surface area contributed by atoms with E-state index in [0.717, 1.165) is 0 Å². The Morgan fingerprint density at radius 1 is 0.549 bits per heavy atom. The Balaban J connectivity index is 0.000000325. The number of hydrogen-bond acceptors (Lipinski definition) is 2. The van der Waals surface area contributed by atoms with Crippen LogP contribution < -0.4 is 11.5 Å². The molecule has 2 nitrogen and oxygen atoms in total. The topological polar surface area (TPSA) is 52.0 Å². The molecule has 250 valence electrons. The molecule has 7 aromatic carbocycles. The molecule has 0 amide bonds. The SMILES string of the molecule is C=C/C(N)=C(/N)C=C.CCC.Cc1ccc(-c2ccc3c4c(ccc3c2)-c2c(ccc3ccccc23)C42c3ccccc3-c3ccccc32)cc1. The Bertz CT molecular complexity index is 2420. The van der Waals surface area contributed by atoms with Crippen LogP contribution in [0.1, 0.15) is 48.1 Å². The number of fused-ring (bicyclic) bond motifs is 14. The van der Waals surface area contributed by atoms with Crippen LogP contribution in [0.4, 0.5) is 0 Å². The minimum atomic E-state index is -0.354. The number of allylic oxidation sites excluding steroid dienone is 2. The van der Waals surface area contributed by atoms with Crippen LogP contribution in [0, 0.1) is 6.92 Å². The van der Waals surface area contributed by atoms with Gasteiger partial charge in [-0.2, -0.15) is 0 Å². The van der Waals surface area contributed by atoms with Gasteiger partial charge in [-0.15, -0.1) is 0 Å². The average Bonchev–Trinajstić information content (AvgIpc) is 3.65. The molecular weight excluding hydrogens is 617 g/mol. The van der Waals surface area contributed by atoms with E-state index in [4.69, 9.17) is 11.5 Å². The lowest BCUT2D eigenvalue weighted by Gasteiger charge is -2.31. The number of rotatable bonds is 3. The van der Waals surface area contributed by atoms with Gasteiger partial charge in [0, 0.05) is 0 Å². The smallest absolute Gasteiger partial charge is 0.0731 e. The van der Waals surface area contributed by atoms with Crippen LogP contribution in [0.25, 0.3) is 54.9 Å². The number of aryl methyl sites for hydroxylation is 1. The molecule has 0 fully saturated rings. The highest BCUT2D eigenvalue weighted by Crippen LogP contribution is 2.65. The zero-order valence-corrected chi connectivity index (χ0v) is 29.7. The summed E-state index contributed by atoms with van der Waals surface area (Å²) in [6, 6.07) is 52.4. The maximum absolute atomic E-state index is 5.29. The third kappa shape index (κ3) is 5.36. The van der Waals surface area contributed by atoms with Crippen molar-refractivity contribution >= 4 is 21.5 Å². The highest BCUT2D eigenvalue weighted by Gasteiger charge is 2.52. The molecule has 0 radical (unpaired) electrons. The fraction of sp³-hybridized carbons (Fsp3) is 0.102. The van der Waals surface area contributed by atoms with Crippen LogP contribution in [-0.4, -0.2) is 0 Å². The molecule has 0 heterocycles. The Labute approximate surface area is 302 Å². The molecule has 51 heavy (non-hydrogen) atoms. The zero-order chi connectivity index (χ0) is 35.7. The largest absolute Gasteiger partial charge is 0.397 e. The molecule has 4 N–H and O–H groups in total. The lowest BCUT2D eigenvalue weighted by molar-refractivity contribution is 0.802. The van der Waals surface area contributed by atoms with Gasteiger partial charge in [-0.1, -0.05) is 172 Å². The van der Waals surface area contributed by atoms with Gasteiger partial charge in [0.15, 0.2) is 0 Å². The minimum Gasteiger partial charge on any atom is -0.397 e. The summed E-state index contributed by atoms with van der Waals surface area (Å²) >= 11 is 0. The number of hydrogen-bond donors (Lipinski definition) is 2. The molecule has 1 spiro atoms. The maximum atomic E-state index is 5.29. The highest BCUT2D eigenvalue weighted by atomic mass is 14.7. The first kappa shape index (κ1) is 33.4. The third-order valence-electron chi connectivity index (χ3n) is 10.1. The first-order valence-electron chi connectivity index (χ1n) is 17.7. The summed E-state index contributed by atoms with van der Waals surface area (Å²) in [7, 11) is 0. The Kier molecular flexibility index (Phi) is 8.93. The van der Waals surface area contributed by atoms with Gasteiger partial charge in [-0.25, -0.2) is 0 Å². The molecule has 2 aliphatic rings. The van der Waals surface area contributed by atoms with E-state index < -0.39 is 0 Å². The summed E-state index contributed by atoms with van der Waals surface area (Å²) in [6.07, 6.45) is 4.22. The van der Waals surface area contributed by atoms with Crippen LogP contribution in [0.3, 0.4) is 0 Å². The monoisotopic (exact) mass is 660 g/mol. The molecule has 2 heteroatoms. The van der Waals surface area contributed by atoms with Crippen LogP contribution in [0.5, 0.6) is 0 Å². The van der Waals surface area contributed by atoms with Crippen LogP contribution in [0.2, 0.25) is 0 Å². The van der Waals surface area contributed by atoms with Gasteiger partial charge in [-0.3, -0.25) is 0 Å². The van der Waals surface area contributed by atoms with Crippen molar-refractivity contribution < 1.29 is 0 Å². The summed E-state index contributed by atoms with van der Waals surface area (Å²) < 4.78 is 0. The van der Waals surface area contributed by atoms with E-state index in [1.54, 1.807) is 0 Å². The molecular formula is C49H44N2. The van der Waals surface area contributed by atoms with E-state index in [-0.39, 0.29) is 5.41 Å². The summed E-state index contributed by atoms with van der Waals surface area (Å²) in [5.41, 5.74) is 26.0. The molecule has 9 rings (SSSR count). The van der Waals surface area contributed by atoms with Gasteiger partial charge in [-0.05, 0) is 102 Å². The maximum Gasteiger partial charge on any atom is 0.0731 e. The second kappa shape index (κ2) is 13.7. The van der Waals surface area contributed by atoms with Crippen LogP contribution in [-0.2, 0) is 5.41 Å². The van der Waals surface area contributed by atoms with Crippen LogP contribution in [0.15, 0.2) is 176 Å². The summed E-state index contributed by atoms with van der Waals surface area (Å²) in [5, 5.41) is 5.24. The molecule has 0 unspecified atom stereocenters. The Morgan fingerprint density at radius 2 is 1.10 bits per heavy atom. The summed E-state index contributed by atoms with van der Waals surface area (Å²) in [5.74, 6) is 0. The van der Waals surface area contributed by atoms with E-state index in [1.807, 2.05) is 0 Å². The lowest BCUT2D eigenvalue weighted by Crippen LogP contribution is -2.26. The van der Waals surface area contributed by atoms with Gasteiger partial charge in [0.1, 0.15) is 0 Å². The third-order valence-corrected chi connectivity index (χ3v) is 10.1. The van der Waals surface area contributed by atoms with Crippen molar-refractivity contribution in [1.29, 1.82) is 0 Å². The van der Waals surface area contributed by atoms with Crippen molar-refractivity contribution in [3.8, 4) is 33.4 Å². The molecule has 7 aromatic rings. The Hall–Kier alpha value is -6.12. The molecule has 0 bridgehead atoms. The Morgan fingerprint density at radius 3 is 1.73 bits per heavy atom. The average molecular weight is 661 g/mol. The van der Waals surface area contributed by atoms with E-state index >= 15 is 0 Å². The second-order valence-electron chi connectivity index (χ2n) is 13.4. The quantitative estimate of drug-likeness (QED) is 0.185. The van der Waals surface area contributed by atoms with Crippen molar-refractivity contribution in [3.63, 3.8) is 0 Å². The number of benzene rings is 7. The molecule has 0 atom stereocenters. The summed E-state index contributed by atoms with van der Waals surface area (Å²) in [6.45, 7) is 13.2. The van der Waals surface area contributed by atoms with Gasteiger partial charge >= 0.3 is 0 Å². The van der Waals surface area contributed by atoms with Gasteiger partial charge in [0.05, 0.1) is 16.8 Å². The van der Waals surface area contributed by atoms with Gasteiger partial charge in [0.25, 0.3) is 0 Å². The predicted octanol–water partition coefficient (Wildman–Crippen LogP) is 12.2. The first-order chi connectivity index (χ1) is 24.9. The molecule has 0 saturated carbocycles.